The van der Waals surface area contributed by atoms with Crippen LogP contribution in [0.15, 0.2) is 52.0 Å². The minimum absolute atomic E-state index is 0.841. The van der Waals surface area contributed by atoms with Crippen LogP contribution in [0.25, 0.3) is 0 Å². The van der Waals surface area contributed by atoms with Crippen LogP contribution in [-0.4, -0.2) is 12.1 Å². The van der Waals surface area contributed by atoms with Crippen LogP contribution in [0.2, 0.25) is 0 Å². The van der Waals surface area contributed by atoms with Gasteiger partial charge in [-0.05, 0) is 40.2 Å². The molecule has 2 aromatic rings. The van der Waals surface area contributed by atoms with Gasteiger partial charge in [0.15, 0.2) is 0 Å². The van der Waals surface area contributed by atoms with Crippen molar-refractivity contribution in [2.75, 3.05) is 7.11 Å². The molecule has 0 bridgehead atoms. The van der Waals surface area contributed by atoms with Gasteiger partial charge in [0.05, 0.1) is 12.8 Å². The van der Waals surface area contributed by atoms with Crippen molar-refractivity contribution >= 4 is 27.7 Å². The summed E-state index contributed by atoms with van der Waals surface area (Å²) in [6.45, 7) is 0. The lowest BCUT2D eigenvalue weighted by atomic mass is 10.3. The highest BCUT2D eigenvalue weighted by Gasteiger charge is 2.03. The first-order chi connectivity index (χ1) is 8.29. The molecule has 2 nitrogen and oxygen atoms in total. The van der Waals surface area contributed by atoms with Crippen molar-refractivity contribution in [3.63, 3.8) is 0 Å². The number of hydrogen-bond acceptors (Lipinski definition) is 3. The normalized spacial score (nSPS) is 10.2. The fourth-order valence-corrected chi connectivity index (χ4v) is 2.56. The third-order valence-corrected chi connectivity index (χ3v) is 3.79. The van der Waals surface area contributed by atoms with Crippen molar-refractivity contribution < 1.29 is 4.74 Å². The van der Waals surface area contributed by atoms with Gasteiger partial charge in [0.25, 0.3) is 0 Å². The van der Waals surface area contributed by atoms with Crippen molar-refractivity contribution in [2.24, 2.45) is 0 Å². The van der Waals surface area contributed by atoms with E-state index in [9.17, 15) is 0 Å². The molecule has 1 heterocycles. The van der Waals surface area contributed by atoms with E-state index in [1.54, 1.807) is 18.9 Å². The number of aromatic nitrogens is 1. The highest BCUT2D eigenvalue weighted by Crippen LogP contribution is 2.30. The molecule has 0 fully saturated rings. The van der Waals surface area contributed by atoms with Gasteiger partial charge in [0.1, 0.15) is 5.75 Å². The van der Waals surface area contributed by atoms with E-state index in [0.29, 0.717) is 0 Å². The molecule has 0 aliphatic heterocycles. The Morgan fingerprint density at radius 2 is 2.06 bits per heavy atom. The Morgan fingerprint density at radius 1 is 1.24 bits per heavy atom. The molecular weight excluding hydrogens is 298 g/mol. The van der Waals surface area contributed by atoms with Crippen molar-refractivity contribution in [3.8, 4) is 5.75 Å². The summed E-state index contributed by atoms with van der Waals surface area (Å²) in [6, 6.07) is 12.0. The van der Waals surface area contributed by atoms with E-state index in [-0.39, 0.29) is 0 Å². The van der Waals surface area contributed by atoms with Gasteiger partial charge >= 0.3 is 0 Å². The molecule has 2 rings (SSSR count). The van der Waals surface area contributed by atoms with Gasteiger partial charge in [-0.3, -0.25) is 4.98 Å². The van der Waals surface area contributed by atoms with Gasteiger partial charge in [-0.15, -0.1) is 11.8 Å². The van der Waals surface area contributed by atoms with Crippen LogP contribution < -0.4 is 4.74 Å². The predicted octanol–water partition coefficient (Wildman–Crippen LogP) is 4.15. The van der Waals surface area contributed by atoms with Gasteiger partial charge in [0, 0.05) is 21.3 Å². The molecule has 0 unspecified atom stereocenters. The summed E-state index contributed by atoms with van der Waals surface area (Å²) in [5, 5.41) is 0. The van der Waals surface area contributed by atoms with Crippen LogP contribution in [0.1, 0.15) is 5.69 Å². The molecule has 0 saturated carbocycles. The maximum Gasteiger partial charge on any atom is 0.132 e. The Hall–Kier alpha value is -1.00. The zero-order valence-corrected chi connectivity index (χ0v) is 11.8. The Morgan fingerprint density at radius 3 is 2.76 bits per heavy atom. The summed E-state index contributed by atoms with van der Waals surface area (Å²) in [7, 11) is 1.69. The third kappa shape index (κ3) is 3.48. The zero-order chi connectivity index (χ0) is 12.1. The third-order valence-electron chi connectivity index (χ3n) is 2.23. The summed E-state index contributed by atoms with van der Waals surface area (Å²) in [5.41, 5.74) is 1.06. The number of rotatable bonds is 4. The summed E-state index contributed by atoms with van der Waals surface area (Å²) in [5.74, 6) is 1.75. The van der Waals surface area contributed by atoms with Crippen molar-refractivity contribution in [3.05, 3.63) is 52.8 Å². The Bertz CT molecular complexity index is 487. The molecule has 0 saturated heterocycles. The maximum absolute atomic E-state index is 5.30. The van der Waals surface area contributed by atoms with Crippen LogP contribution in [-0.2, 0) is 5.75 Å². The molecule has 1 aromatic heterocycles. The number of halogens is 1. The molecule has 1 aromatic carbocycles. The number of pyridine rings is 1. The first-order valence-corrected chi connectivity index (χ1v) is 6.93. The Labute approximate surface area is 114 Å². The second-order valence-corrected chi connectivity index (χ2v) is 5.34. The first kappa shape index (κ1) is 12.5. The Balaban J connectivity index is 2.04. The van der Waals surface area contributed by atoms with E-state index >= 15 is 0 Å². The number of nitrogens with zero attached hydrogens (tertiary/aromatic N) is 1. The predicted molar refractivity (Wildman–Crippen MR) is 74.5 cm³/mol. The van der Waals surface area contributed by atoms with Crippen molar-refractivity contribution in [1.29, 1.82) is 0 Å². The SMILES string of the molecule is COc1ccccc1SCc1ccc(Br)cn1. The fourth-order valence-electron chi connectivity index (χ4n) is 1.38. The van der Waals surface area contributed by atoms with Gasteiger partial charge < -0.3 is 4.74 Å². The van der Waals surface area contributed by atoms with Gasteiger partial charge in [-0.2, -0.15) is 0 Å². The van der Waals surface area contributed by atoms with Gasteiger partial charge in [-0.1, -0.05) is 12.1 Å². The molecule has 17 heavy (non-hydrogen) atoms. The lowest BCUT2D eigenvalue weighted by molar-refractivity contribution is 0.405. The van der Waals surface area contributed by atoms with Crippen LogP contribution in [0, 0.1) is 0 Å². The highest BCUT2D eigenvalue weighted by atomic mass is 79.9. The molecule has 0 aliphatic rings. The van der Waals surface area contributed by atoms with E-state index in [2.05, 4.69) is 27.0 Å². The first-order valence-electron chi connectivity index (χ1n) is 5.16. The molecule has 0 atom stereocenters. The zero-order valence-electron chi connectivity index (χ0n) is 9.39. The summed E-state index contributed by atoms with van der Waals surface area (Å²) in [6.07, 6.45) is 1.82. The number of para-hydroxylation sites is 1. The summed E-state index contributed by atoms with van der Waals surface area (Å²) in [4.78, 5) is 5.48. The van der Waals surface area contributed by atoms with Crippen LogP contribution >= 0.6 is 27.7 Å². The van der Waals surface area contributed by atoms with Crippen LogP contribution in [0.4, 0.5) is 0 Å². The minimum Gasteiger partial charge on any atom is -0.496 e. The molecule has 0 N–H and O–H groups in total. The van der Waals surface area contributed by atoms with E-state index in [4.69, 9.17) is 4.74 Å². The number of hydrogen-bond donors (Lipinski definition) is 0. The van der Waals surface area contributed by atoms with E-state index in [1.807, 2.05) is 36.5 Å². The topological polar surface area (TPSA) is 22.1 Å². The number of benzene rings is 1. The second-order valence-electron chi connectivity index (χ2n) is 3.41. The largest absolute Gasteiger partial charge is 0.496 e. The lowest BCUT2D eigenvalue weighted by Crippen LogP contribution is -1.88. The highest BCUT2D eigenvalue weighted by molar-refractivity contribution is 9.10. The average Bonchev–Trinajstić information content (AvgIpc) is 2.38. The number of thioether (sulfide) groups is 1. The minimum atomic E-state index is 0.841. The van der Waals surface area contributed by atoms with E-state index < -0.39 is 0 Å². The molecule has 0 spiro atoms. The molecule has 0 radical (unpaired) electrons. The van der Waals surface area contributed by atoms with Crippen LogP contribution in [0.5, 0.6) is 5.75 Å². The number of methoxy groups -OCH3 is 1. The molecule has 0 aliphatic carbocycles. The summed E-state index contributed by atoms with van der Waals surface area (Å²) < 4.78 is 6.31. The summed E-state index contributed by atoms with van der Waals surface area (Å²) >= 11 is 5.10. The average molecular weight is 310 g/mol. The van der Waals surface area contributed by atoms with Gasteiger partial charge in [-0.25, -0.2) is 0 Å². The molecule has 4 heteroatoms. The smallest absolute Gasteiger partial charge is 0.132 e. The van der Waals surface area contributed by atoms with Crippen LogP contribution in [0.3, 0.4) is 0 Å². The lowest BCUT2D eigenvalue weighted by Gasteiger charge is -2.07. The Kier molecular flexibility index (Phi) is 4.45. The quantitative estimate of drug-likeness (QED) is 0.792. The molecule has 88 valence electrons. The standard InChI is InChI=1S/C13H12BrNOS/c1-16-12-4-2-3-5-13(12)17-9-11-7-6-10(14)8-15-11/h2-8H,9H2,1H3. The maximum atomic E-state index is 5.30. The monoisotopic (exact) mass is 309 g/mol. The van der Waals surface area contributed by atoms with Crippen molar-refractivity contribution in [2.45, 2.75) is 10.6 Å². The fraction of sp³-hybridized carbons (Fsp3) is 0.154. The van der Waals surface area contributed by atoms with Crippen molar-refractivity contribution in [1.82, 2.24) is 4.98 Å². The number of ether oxygens (including phenoxy) is 1. The van der Waals surface area contributed by atoms with Gasteiger partial charge in [0.2, 0.25) is 0 Å². The molecular formula is C13H12BrNOS. The van der Waals surface area contributed by atoms with E-state index in [1.165, 1.54) is 0 Å². The van der Waals surface area contributed by atoms with E-state index in [0.717, 1.165) is 26.6 Å². The molecule has 0 amide bonds. The second kappa shape index (κ2) is 6.07.